The van der Waals surface area contributed by atoms with Crippen molar-refractivity contribution in [1.29, 1.82) is 0 Å². The van der Waals surface area contributed by atoms with Gasteiger partial charge in [-0.3, -0.25) is 4.79 Å². The average molecular weight is 387 g/mol. The lowest BCUT2D eigenvalue weighted by Gasteiger charge is -2.03. The van der Waals surface area contributed by atoms with Gasteiger partial charge in [0.2, 0.25) is 0 Å². The fraction of sp³-hybridized carbons (Fsp3) is 0.364. The highest BCUT2D eigenvalue weighted by Crippen LogP contribution is 2.18. The van der Waals surface area contributed by atoms with E-state index in [0.717, 1.165) is 0 Å². The fourth-order valence-electron chi connectivity index (χ4n) is 1.29. The summed E-state index contributed by atoms with van der Waals surface area (Å²) < 4.78 is 41.1. The van der Waals surface area contributed by atoms with Crippen molar-refractivity contribution in [3.05, 3.63) is 32.9 Å². The minimum atomic E-state index is -2.47. The first-order valence-corrected chi connectivity index (χ1v) is 8.43. The Labute approximate surface area is 118 Å². The zero-order chi connectivity index (χ0) is 13.9. The van der Waals surface area contributed by atoms with Crippen LogP contribution in [0.25, 0.3) is 0 Å². The summed E-state index contributed by atoms with van der Waals surface area (Å²) in [4.78, 5) is 11.3. The molecule has 0 spiro atoms. The van der Waals surface area contributed by atoms with Gasteiger partial charge < -0.3 is 0 Å². The van der Waals surface area contributed by atoms with E-state index < -0.39 is 27.3 Å². The molecule has 0 atom stereocenters. The Balaban J connectivity index is 2.77. The molecule has 0 aliphatic heterocycles. The summed E-state index contributed by atoms with van der Waals surface area (Å²) in [6, 6.07) is 2.38. The second-order valence-electron chi connectivity index (χ2n) is 4.04. The third-order valence-corrected chi connectivity index (χ3v) is 3.67. The van der Waals surface area contributed by atoms with Crippen LogP contribution in [0, 0.1) is 15.2 Å². The molecule has 0 aliphatic rings. The van der Waals surface area contributed by atoms with E-state index in [1.54, 1.807) is 22.6 Å². The normalized spacial score (nSPS) is 11.4. The number of aryl methyl sites for hydroxylation is 1. The summed E-state index contributed by atoms with van der Waals surface area (Å²) in [5.74, 6) is -1.82. The lowest BCUT2D eigenvalue weighted by atomic mass is 10.1. The van der Waals surface area contributed by atoms with Crippen LogP contribution in [0.1, 0.15) is 12.0 Å². The van der Waals surface area contributed by atoms with Crippen molar-refractivity contribution >= 4 is 38.2 Å². The zero-order valence-electron chi connectivity index (χ0n) is 9.87. The number of carbonyl (C=O) groups excluding carboxylic acids is 1. The van der Waals surface area contributed by atoms with Crippen LogP contribution in [0.2, 0.25) is 0 Å². The highest BCUT2D eigenvalue weighted by molar-refractivity contribution is 14.1. The number of hydrogen-bond donors (Lipinski definition) is 0. The summed E-state index contributed by atoms with van der Waals surface area (Å²) in [5.41, 5.74) is 0.382. The number of halogens is 3. The molecule has 100 valence electrons. The summed E-state index contributed by atoms with van der Waals surface area (Å²) in [6.07, 6.45) is 2.87. The minimum absolute atomic E-state index is 0.0157. The van der Waals surface area contributed by atoms with Crippen molar-refractivity contribution in [2.75, 3.05) is 12.5 Å². The Morgan fingerprint density at radius 2 is 1.83 bits per heavy atom. The smallest absolute Gasteiger partial charge is 0.254 e. The third kappa shape index (κ3) is 4.97. The van der Waals surface area contributed by atoms with Gasteiger partial charge in [0.1, 0.15) is 11.6 Å². The molecule has 0 fully saturated rings. The topological polar surface area (TPSA) is 46.5 Å². The fourth-order valence-corrected chi connectivity index (χ4v) is 2.19. The summed E-state index contributed by atoms with van der Waals surface area (Å²) >= 11 is 1.57. The van der Waals surface area contributed by atoms with Gasteiger partial charge >= 0.3 is 0 Å². The first kappa shape index (κ1) is 15.5. The maximum atomic E-state index is 13.2. The molecule has 1 aromatic rings. The number of amides is 1. The highest BCUT2D eigenvalue weighted by Gasteiger charge is 2.09. The Hall–Kier alpha value is -0.570. The summed E-state index contributed by atoms with van der Waals surface area (Å²) in [6.45, 7) is 0. The highest BCUT2D eigenvalue weighted by atomic mass is 127. The molecule has 1 rings (SSSR count). The van der Waals surface area contributed by atoms with Crippen molar-refractivity contribution in [1.82, 2.24) is 0 Å². The molecule has 0 unspecified atom stereocenters. The van der Waals surface area contributed by atoms with Gasteiger partial charge in [-0.1, -0.05) is 0 Å². The van der Waals surface area contributed by atoms with Crippen LogP contribution in [-0.2, 0) is 20.9 Å². The molecule has 0 saturated carbocycles. The number of benzene rings is 1. The molecule has 0 bridgehead atoms. The molecule has 0 saturated heterocycles. The molecular formula is C11H12F2INO2S. The van der Waals surface area contributed by atoms with E-state index in [1.807, 2.05) is 0 Å². The predicted octanol–water partition coefficient (Wildman–Crippen LogP) is 2.76. The number of hydrogen-bond acceptors (Lipinski definition) is 2. The Kier molecular flexibility index (Phi) is 5.20. The van der Waals surface area contributed by atoms with Gasteiger partial charge in [0.05, 0.1) is 3.57 Å². The van der Waals surface area contributed by atoms with Crippen molar-refractivity contribution in [3.8, 4) is 0 Å². The van der Waals surface area contributed by atoms with Crippen molar-refractivity contribution < 1.29 is 17.8 Å². The monoisotopic (exact) mass is 387 g/mol. The average Bonchev–Trinajstić information content (AvgIpc) is 2.20. The molecule has 1 aromatic carbocycles. The Morgan fingerprint density at radius 3 is 2.28 bits per heavy atom. The van der Waals surface area contributed by atoms with Gasteiger partial charge in [-0.2, -0.15) is 4.36 Å². The molecule has 0 radical (unpaired) electrons. The van der Waals surface area contributed by atoms with Crippen molar-refractivity contribution in [3.63, 3.8) is 0 Å². The molecule has 1 amide bonds. The van der Waals surface area contributed by atoms with E-state index in [1.165, 1.54) is 24.6 Å². The molecule has 0 aromatic heterocycles. The van der Waals surface area contributed by atoms with Crippen LogP contribution in [0.5, 0.6) is 0 Å². The van der Waals surface area contributed by atoms with Crippen molar-refractivity contribution in [2.24, 2.45) is 4.36 Å². The van der Waals surface area contributed by atoms with Gasteiger partial charge in [0, 0.05) is 28.7 Å². The maximum Gasteiger partial charge on any atom is 0.254 e. The van der Waals surface area contributed by atoms with Gasteiger partial charge in [-0.15, -0.1) is 0 Å². The first-order chi connectivity index (χ1) is 8.19. The maximum absolute atomic E-state index is 13.2. The number of nitrogens with zero attached hydrogens (tertiary/aromatic N) is 1. The van der Waals surface area contributed by atoms with E-state index in [2.05, 4.69) is 4.36 Å². The van der Waals surface area contributed by atoms with Crippen molar-refractivity contribution in [2.45, 2.75) is 12.8 Å². The van der Waals surface area contributed by atoms with Gasteiger partial charge in [-0.25, -0.2) is 13.0 Å². The molecular weight excluding hydrogens is 375 g/mol. The third-order valence-electron chi connectivity index (χ3n) is 1.99. The molecule has 3 nitrogen and oxygen atoms in total. The molecule has 7 heteroatoms. The minimum Gasteiger partial charge on any atom is -0.272 e. The number of carbonyl (C=O) groups is 1. The van der Waals surface area contributed by atoms with E-state index in [-0.39, 0.29) is 16.4 Å². The zero-order valence-corrected chi connectivity index (χ0v) is 12.8. The standard InChI is InChI=1S/C11H12F2INO2S/c1-18(2,17)15-10(16)4-3-7-5-8(12)11(14)9(13)6-7/h5-6H,3-4H2,1-2H3. The first-order valence-electron chi connectivity index (χ1n) is 5.02. The molecule has 0 N–H and O–H groups in total. The molecule has 0 aliphatic carbocycles. The largest absolute Gasteiger partial charge is 0.272 e. The van der Waals surface area contributed by atoms with Crippen LogP contribution in [0.15, 0.2) is 16.5 Å². The van der Waals surface area contributed by atoms with Crippen LogP contribution >= 0.6 is 22.6 Å². The quantitative estimate of drug-likeness (QED) is 0.592. The van der Waals surface area contributed by atoms with Crippen LogP contribution in [0.3, 0.4) is 0 Å². The van der Waals surface area contributed by atoms with Crippen LogP contribution in [-0.4, -0.2) is 22.6 Å². The Morgan fingerprint density at radius 1 is 1.33 bits per heavy atom. The summed E-state index contributed by atoms with van der Waals surface area (Å²) in [7, 11) is -2.47. The second-order valence-corrected chi connectivity index (χ2v) is 7.66. The number of rotatable bonds is 3. The SMILES string of the molecule is CS(C)(=O)=NC(=O)CCc1cc(F)c(I)c(F)c1. The predicted molar refractivity (Wildman–Crippen MR) is 74.8 cm³/mol. The van der Waals surface area contributed by atoms with E-state index in [0.29, 0.717) is 5.56 Å². The van der Waals surface area contributed by atoms with Gasteiger partial charge in [-0.05, 0) is 46.7 Å². The Bertz CT molecular complexity index is 564. The van der Waals surface area contributed by atoms with Crippen LogP contribution < -0.4 is 0 Å². The lowest BCUT2D eigenvalue weighted by molar-refractivity contribution is -0.117. The molecule has 18 heavy (non-hydrogen) atoms. The van der Waals surface area contributed by atoms with Crippen LogP contribution in [0.4, 0.5) is 8.78 Å². The lowest BCUT2D eigenvalue weighted by Crippen LogP contribution is -2.02. The summed E-state index contributed by atoms with van der Waals surface area (Å²) in [5, 5.41) is 0. The van der Waals surface area contributed by atoms with E-state index in [9.17, 15) is 17.8 Å². The second kappa shape index (κ2) is 6.05. The van der Waals surface area contributed by atoms with E-state index >= 15 is 0 Å². The van der Waals surface area contributed by atoms with E-state index in [4.69, 9.17) is 0 Å². The molecule has 0 heterocycles. The van der Waals surface area contributed by atoms with Gasteiger partial charge in [0.25, 0.3) is 5.91 Å². The van der Waals surface area contributed by atoms with Gasteiger partial charge in [0.15, 0.2) is 0 Å².